The molecule has 0 bridgehead atoms. The number of aromatic hydroxyl groups is 1. The van der Waals surface area contributed by atoms with Crippen molar-refractivity contribution in [1.82, 2.24) is 16.0 Å². The molecule has 0 aromatic heterocycles. The van der Waals surface area contributed by atoms with Crippen LogP contribution in [-0.4, -0.2) is 75.2 Å². The smallest absolute Gasteiger partial charge is 0.328 e. The van der Waals surface area contributed by atoms with Crippen molar-refractivity contribution in [3.63, 3.8) is 0 Å². The van der Waals surface area contributed by atoms with Gasteiger partial charge in [0.25, 0.3) is 0 Å². The molecule has 0 saturated heterocycles. The van der Waals surface area contributed by atoms with Crippen LogP contribution in [0.25, 0.3) is 0 Å². The summed E-state index contributed by atoms with van der Waals surface area (Å²) >= 11 is 0. The fourth-order valence-electron chi connectivity index (χ4n) is 3.18. The van der Waals surface area contributed by atoms with Crippen LogP contribution in [0.5, 0.6) is 5.75 Å². The highest BCUT2D eigenvalue weighted by atomic mass is 16.4. The minimum Gasteiger partial charge on any atom is -0.508 e. The van der Waals surface area contributed by atoms with Gasteiger partial charge in [0, 0.05) is 6.42 Å². The molecule has 0 aliphatic heterocycles. The summed E-state index contributed by atoms with van der Waals surface area (Å²) in [5.74, 6) is -5.23. The molecule has 0 aliphatic rings. The fourth-order valence-corrected chi connectivity index (χ4v) is 3.18. The van der Waals surface area contributed by atoms with Gasteiger partial charge in [0.15, 0.2) is 6.04 Å². The number of nitrogens with two attached hydrogens (primary N) is 2. The Morgan fingerprint density at radius 2 is 1.44 bits per heavy atom. The van der Waals surface area contributed by atoms with Crippen molar-refractivity contribution in [3.05, 3.63) is 29.8 Å². The van der Waals surface area contributed by atoms with Gasteiger partial charge >= 0.3 is 5.97 Å². The number of rotatable bonds is 14. The van der Waals surface area contributed by atoms with E-state index in [4.69, 9.17) is 11.5 Å². The first-order valence-electron chi connectivity index (χ1n) is 11.4. The number of nitrogens with one attached hydrogen (secondary N) is 3. The summed E-state index contributed by atoms with van der Waals surface area (Å²) in [7, 11) is 0. The summed E-state index contributed by atoms with van der Waals surface area (Å²) in [6, 6.07) is 0.396. The van der Waals surface area contributed by atoms with Gasteiger partial charge in [-0.3, -0.25) is 19.2 Å². The summed E-state index contributed by atoms with van der Waals surface area (Å²) in [4.78, 5) is 61.4. The molecule has 1 aromatic rings. The second-order valence-electron chi connectivity index (χ2n) is 8.64. The Bertz CT molecular complexity index is 937. The van der Waals surface area contributed by atoms with E-state index in [9.17, 15) is 39.3 Å². The van der Waals surface area contributed by atoms with Crippen LogP contribution in [0.15, 0.2) is 24.3 Å². The van der Waals surface area contributed by atoms with E-state index in [1.807, 2.05) is 6.92 Å². The van der Waals surface area contributed by atoms with Crippen LogP contribution in [0.1, 0.15) is 39.2 Å². The number of carbonyl (C=O) groups excluding carboxylic acids is 4. The maximum atomic E-state index is 13.1. The van der Waals surface area contributed by atoms with Gasteiger partial charge in [-0.05, 0) is 30.5 Å². The van der Waals surface area contributed by atoms with Gasteiger partial charge in [-0.1, -0.05) is 32.4 Å². The number of aliphatic hydroxyl groups excluding tert-OH is 1. The summed E-state index contributed by atoms with van der Waals surface area (Å²) < 4.78 is 0. The standard InChI is InChI=1S/C23H35N5O8/c1-4-11(2)18(25)22(34)27-15(9-13-5-7-14(30)8-6-13)20(32)26-16(10-17(24)31)21(33)28-19(12(3)29)23(35)36/h5-8,11-12,15-16,18-19,29-30H,4,9-10,25H2,1-3H3,(H2,24,31)(H,26,32)(H,27,34)(H,28,33)(H,35,36). The molecule has 0 spiro atoms. The lowest BCUT2D eigenvalue weighted by Crippen LogP contribution is -2.59. The minimum atomic E-state index is -1.70. The highest BCUT2D eigenvalue weighted by Gasteiger charge is 2.33. The molecule has 13 nitrogen and oxygen atoms in total. The van der Waals surface area contributed by atoms with Gasteiger partial charge in [-0.2, -0.15) is 0 Å². The Labute approximate surface area is 208 Å². The number of carboxylic acid groups (broad SMARTS) is 1. The number of carbonyl (C=O) groups is 5. The number of hydrogen-bond acceptors (Lipinski definition) is 8. The van der Waals surface area contributed by atoms with E-state index in [-0.39, 0.29) is 18.1 Å². The average Bonchev–Trinajstić information content (AvgIpc) is 2.80. The number of carboxylic acids is 1. The lowest BCUT2D eigenvalue weighted by molar-refractivity contribution is -0.145. The quantitative estimate of drug-likeness (QED) is 0.140. The Morgan fingerprint density at radius 3 is 1.92 bits per heavy atom. The normalized spacial score (nSPS) is 15.9. The molecule has 6 atom stereocenters. The summed E-state index contributed by atoms with van der Waals surface area (Å²) in [6.07, 6.45) is -1.59. The predicted molar refractivity (Wildman–Crippen MR) is 128 cm³/mol. The number of phenolic OH excluding ortho intramolecular Hbond substituents is 1. The van der Waals surface area contributed by atoms with Gasteiger partial charge in [-0.25, -0.2) is 4.79 Å². The zero-order valence-corrected chi connectivity index (χ0v) is 20.4. The first-order chi connectivity index (χ1) is 16.8. The van der Waals surface area contributed by atoms with Crippen LogP contribution in [0.2, 0.25) is 0 Å². The number of benzene rings is 1. The third-order valence-corrected chi connectivity index (χ3v) is 5.65. The third kappa shape index (κ3) is 9.50. The van der Waals surface area contributed by atoms with E-state index in [2.05, 4.69) is 16.0 Å². The molecule has 6 unspecified atom stereocenters. The molecule has 0 aliphatic carbocycles. The first-order valence-corrected chi connectivity index (χ1v) is 11.4. The van der Waals surface area contributed by atoms with Crippen molar-refractivity contribution in [1.29, 1.82) is 0 Å². The van der Waals surface area contributed by atoms with Gasteiger partial charge in [0.05, 0.1) is 18.6 Å². The molecule has 13 heteroatoms. The van der Waals surface area contributed by atoms with E-state index < -0.39 is 66.3 Å². The molecule has 0 fully saturated rings. The largest absolute Gasteiger partial charge is 0.508 e. The summed E-state index contributed by atoms with van der Waals surface area (Å²) in [6.45, 7) is 4.77. The molecule has 0 saturated carbocycles. The zero-order chi connectivity index (χ0) is 27.6. The Kier molecular flexibility index (Phi) is 11.8. The van der Waals surface area contributed by atoms with Gasteiger partial charge in [0.1, 0.15) is 17.8 Å². The summed E-state index contributed by atoms with van der Waals surface area (Å²) in [5, 5.41) is 35.2. The number of aliphatic carboxylic acids is 1. The second-order valence-corrected chi connectivity index (χ2v) is 8.64. The van der Waals surface area contributed by atoms with E-state index in [0.717, 1.165) is 6.92 Å². The lowest BCUT2D eigenvalue weighted by atomic mass is 9.98. The SMILES string of the molecule is CCC(C)C(N)C(=O)NC(Cc1ccc(O)cc1)C(=O)NC(CC(N)=O)C(=O)NC(C(=O)O)C(C)O. The highest BCUT2D eigenvalue weighted by Crippen LogP contribution is 2.13. The number of hydrogen-bond donors (Lipinski definition) is 8. The van der Waals surface area contributed by atoms with Gasteiger partial charge < -0.3 is 42.7 Å². The van der Waals surface area contributed by atoms with Crippen molar-refractivity contribution < 1.29 is 39.3 Å². The molecule has 36 heavy (non-hydrogen) atoms. The molecule has 10 N–H and O–H groups in total. The Balaban J connectivity index is 3.17. The number of amides is 4. The van der Waals surface area contributed by atoms with Crippen LogP contribution in [-0.2, 0) is 30.4 Å². The van der Waals surface area contributed by atoms with E-state index in [1.165, 1.54) is 24.3 Å². The Hall–Kier alpha value is -3.71. The monoisotopic (exact) mass is 509 g/mol. The second kappa shape index (κ2) is 14.0. The molecule has 0 radical (unpaired) electrons. The molecule has 1 rings (SSSR count). The number of aliphatic hydroxyl groups is 1. The third-order valence-electron chi connectivity index (χ3n) is 5.65. The maximum absolute atomic E-state index is 13.1. The van der Waals surface area contributed by atoms with Crippen LogP contribution >= 0.6 is 0 Å². The lowest BCUT2D eigenvalue weighted by Gasteiger charge is -2.26. The van der Waals surface area contributed by atoms with E-state index in [0.29, 0.717) is 12.0 Å². The molecule has 200 valence electrons. The van der Waals surface area contributed by atoms with Crippen LogP contribution < -0.4 is 27.4 Å². The van der Waals surface area contributed by atoms with Gasteiger partial charge in [-0.15, -0.1) is 0 Å². The predicted octanol–water partition coefficient (Wildman–Crippen LogP) is -1.90. The van der Waals surface area contributed by atoms with Crippen molar-refractivity contribution in [2.24, 2.45) is 17.4 Å². The molecule has 4 amide bonds. The molecular formula is C23H35N5O8. The van der Waals surface area contributed by atoms with Crippen LogP contribution in [0.3, 0.4) is 0 Å². The highest BCUT2D eigenvalue weighted by molar-refractivity contribution is 5.96. The fraction of sp³-hybridized carbons (Fsp3) is 0.522. The van der Waals surface area contributed by atoms with Crippen molar-refractivity contribution >= 4 is 29.6 Å². The summed E-state index contributed by atoms with van der Waals surface area (Å²) in [5.41, 5.74) is 11.7. The number of primary amides is 1. The Morgan fingerprint density at radius 1 is 0.917 bits per heavy atom. The van der Waals surface area contributed by atoms with Crippen LogP contribution in [0.4, 0.5) is 0 Å². The number of phenols is 1. The molecular weight excluding hydrogens is 474 g/mol. The maximum Gasteiger partial charge on any atom is 0.328 e. The average molecular weight is 510 g/mol. The first kappa shape index (κ1) is 30.3. The zero-order valence-electron chi connectivity index (χ0n) is 20.4. The van der Waals surface area contributed by atoms with Gasteiger partial charge in [0.2, 0.25) is 23.6 Å². The van der Waals surface area contributed by atoms with E-state index >= 15 is 0 Å². The molecule has 0 heterocycles. The van der Waals surface area contributed by atoms with Crippen molar-refractivity contribution in [2.45, 2.75) is 70.3 Å². The van der Waals surface area contributed by atoms with Crippen LogP contribution in [0, 0.1) is 5.92 Å². The van der Waals surface area contributed by atoms with Crippen molar-refractivity contribution in [3.8, 4) is 5.75 Å². The topological polar surface area (TPSA) is 234 Å². The molecule has 1 aromatic carbocycles. The minimum absolute atomic E-state index is 0.00753. The van der Waals surface area contributed by atoms with Crippen molar-refractivity contribution in [2.75, 3.05) is 0 Å². The van der Waals surface area contributed by atoms with E-state index in [1.54, 1.807) is 6.92 Å².